The van der Waals surface area contributed by atoms with Crippen LogP contribution in [-0.4, -0.2) is 6.36 Å². The van der Waals surface area contributed by atoms with Crippen LogP contribution in [0.15, 0.2) is 42.5 Å². The first-order valence-corrected chi connectivity index (χ1v) is 9.19. The third kappa shape index (κ3) is 4.90. The highest BCUT2D eigenvalue weighted by Crippen LogP contribution is 2.39. The number of ether oxygens (including phenoxy) is 1. The SMILES string of the molecule is CC[C@H]1CC[C@H](C2C=CC(c3ccc(OC(F)(F)F)cc3)=CC2)CC1. The van der Waals surface area contributed by atoms with Gasteiger partial charge in [-0.3, -0.25) is 0 Å². The second kappa shape index (κ2) is 7.67. The van der Waals surface area contributed by atoms with E-state index in [0.717, 1.165) is 29.4 Å². The van der Waals surface area contributed by atoms with Gasteiger partial charge in [-0.15, -0.1) is 13.2 Å². The van der Waals surface area contributed by atoms with E-state index in [-0.39, 0.29) is 5.75 Å². The molecule has 0 N–H and O–H groups in total. The molecule has 2 aliphatic carbocycles. The maximum atomic E-state index is 12.2. The molecule has 1 atom stereocenters. The van der Waals surface area contributed by atoms with E-state index in [1.54, 1.807) is 12.1 Å². The Morgan fingerprint density at radius 3 is 2.24 bits per heavy atom. The molecule has 0 spiro atoms. The van der Waals surface area contributed by atoms with Gasteiger partial charge in [0.1, 0.15) is 5.75 Å². The van der Waals surface area contributed by atoms with Gasteiger partial charge < -0.3 is 4.74 Å². The number of benzene rings is 1. The van der Waals surface area contributed by atoms with Gasteiger partial charge in [0.25, 0.3) is 0 Å². The molecular formula is C21H25F3O. The van der Waals surface area contributed by atoms with Crippen LogP contribution in [0.25, 0.3) is 5.57 Å². The number of hydrogen-bond donors (Lipinski definition) is 0. The Morgan fingerprint density at radius 1 is 1.04 bits per heavy atom. The third-order valence-electron chi connectivity index (χ3n) is 5.63. The summed E-state index contributed by atoms with van der Waals surface area (Å²) in [6.07, 6.45) is 9.66. The van der Waals surface area contributed by atoms with E-state index in [4.69, 9.17) is 0 Å². The van der Waals surface area contributed by atoms with Crippen molar-refractivity contribution in [2.24, 2.45) is 17.8 Å². The predicted molar refractivity (Wildman–Crippen MR) is 94.1 cm³/mol. The number of halogens is 3. The Morgan fingerprint density at radius 2 is 1.72 bits per heavy atom. The molecule has 3 rings (SSSR count). The van der Waals surface area contributed by atoms with Crippen molar-refractivity contribution in [1.29, 1.82) is 0 Å². The number of rotatable bonds is 4. The Bertz CT molecular complexity index is 620. The quantitative estimate of drug-likeness (QED) is 0.583. The molecule has 136 valence electrons. The molecule has 0 aromatic heterocycles. The maximum absolute atomic E-state index is 12.2. The van der Waals surface area contributed by atoms with Crippen LogP contribution in [-0.2, 0) is 0 Å². The number of allylic oxidation sites excluding steroid dienone is 4. The van der Waals surface area contributed by atoms with Crippen molar-refractivity contribution in [3.05, 3.63) is 48.1 Å². The van der Waals surface area contributed by atoms with Crippen molar-refractivity contribution in [2.45, 2.75) is 51.8 Å². The van der Waals surface area contributed by atoms with Gasteiger partial charge in [-0.05, 0) is 60.3 Å². The van der Waals surface area contributed by atoms with Crippen molar-refractivity contribution >= 4 is 5.57 Å². The molecule has 0 saturated heterocycles. The van der Waals surface area contributed by atoms with Gasteiger partial charge in [-0.1, -0.05) is 56.5 Å². The zero-order valence-electron chi connectivity index (χ0n) is 14.6. The summed E-state index contributed by atoms with van der Waals surface area (Å²) in [5.41, 5.74) is 2.01. The summed E-state index contributed by atoms with van der Waals surface area (Å²) in [6, 6.07) is 6.11. The molecule has 0 aliphatic heterocycles. The summed E-state index contributed by atoms with van der Waals surface area (Å²) in [6.45, 7) is 2.28. The summed E-state index contributed by atoms with van der Waals surface area (Å²) < 4.78 is 40.6. The smallest absolute Gasteiger partial charge is 0.406 e. The monoisotopic (exact) mass is 350 g/mol. The lowest BCUT2D eigenvalue weighted by molar-refractivity contribution is -0.274. The predicted octanol–water partition coefficient (Wildman–Crippen LogP) is 6.76. The van der Waals surface area contributed by atoms with Crippen molar-refractivity contribution in [3.63, 3.8) is 0 Å². The molecular weight excluding hydrogens is 325 g/mol. The standard InChI is InChI=1S/C21H25F3O/c1-2-15-3-5-16(6-4-15)17-7-9-18(10-8-17)19-11-13-20(14-12-19)25-21(22,23)24/h7,9-17H,2-6,8H2,1H3/t15-,16-,17?. The molecule has 0 radical (unpaired) electrons. The molecule has 1 aromatic rings. The highest BCUT2D eigenvalue weighted by molar-refractivity contribution is 5.75. The van der Waals surface area contributed by atoms with Crippen molar-refractivity contribution in [2.75, 3.05) is 0 Å². The van der Waals surface area contributed by atoms with Gasteiger partial charge in [0, 0.05) is 0 Å². The van der Waals surface area contributed by atoms with E-state index >= 15 is 0 Å². The average Bonchev–Trinajstić information content (AvgIpc) is 2.61. The van der Waals surface area contributed by atoms with E-state index in [9.17, 15) is 13.2 Å². The van der Waals surface area contributed by atoms with Crippen LogP contribution >= 0.6 is 0 Å². The van der Waals surface area contributed by atoms with E-state index in [1.165, 1.54) is 44.2 Å². The van der Waals surface area contributed by atoms with E-state index in [0.29, 0.717) is 5.92 Å². The molecule has 0 amide bonds. The second-order valence-electron chi connectivity index (χ2n) is 7.18. The van der Waals surface area contributed by atoms with Gasteiger partial charge in [0.05, 0.1) is 0 Å². The minimum Gasteiger partial charge on any atom is -0.406 e. The maximum Gasteiger partial charge on any atom is 0.573 e. The topological polar surface area (TPSA) is 9.23 Å². The normalized spacial score (nSPS) is 27.0. The fraction of sp³-hybridized carbons (Fsp3) is 0.524. The highest BCUT2D eigenvalue weighted by atomic mass is 19.4. The fourth-order valence-electron chi connectivity index (χ4n) is 4.07. The minimum absolute atomic E-state index is 0.179. The molecule has 1 aromatic carbocycles. The van der Waals surface area contributed by atoms with Crippen LogP contribution in [0.2, 0.25) is 0 Å². The Kier molecular flexibility index (Phi) is 5.55. The van der Waals surface area contributed by atoms with E-state index < -0.39 is 6.36 Å². The summed E-state index contributed by atoms with van der Waals surface area (Å²) in [7, 11) is 0. The van der Waals surface area contributed by atoms with Crippen LogP contribution in [0.5, 0.6) is 5.75 Å². The van der Waals surface area contributed by atoms with Gasteiger partial charge in [0.15, 0.2) is 0 Å². The molecule has 1 nitrogen and oxygen atoms in total. The lowest BCUT2D eigenvalue weighted by Gasteiger charge is -2.33. The minimum atomic E-state index is -4.64. The molecule has 1 fully saturated rings. The zero-order valence-corrected chi connectivity index (χ0v) is 14.6. The first-order chi connectivity index (χ1) is 11.9. The van der Waals surface area contributed by atoms with E-state index in [1.807, 2.05) is 0 Å². The summed E-state index contributed by atoms with van der Waals surface area (Å²) in [5.74, 6) is 2.11. The zero-order chi connectivity index (χ0) is 17.9. The third-order valence-corrected chi connectivity index (χ3v) is 5.63. The van der Waals surface area contributed by atoms with Gasteiger partial charge >= 0.3 is 6.36 Å². The number of alkyl halides is 3. The summed E-state index contributed by atoms with van der Waals surface area (Å²) >= 11 is 0. The summed E-state index contributed by atoms with van der Waals surface area (Å²) in [5, 5.41) is 0. The molecule has 1 saturated carbocycles. The lowest BCUT2D eigenvalue weighted by Crippen LogP contribution is -2.21. The number of hydrogen-bond acceptors (Lipinski definition) is 1. The van der Waals surface area contributed by atoms with Crippen molar-refractivity contribution in [3.8, 4) is 5.75 Å². The largest absolute Gasteiger partial charge is 0.573 e. The molecule has 0 heterocycles. The van der Waals surface area contributed by atoms with Crippen LogP contribution in [0.3, 0.4) is 0 Å². The van der Waals surface area contributed by atoms with Crippen LogP contribution in [0.4, 0.5) is 13.2 Å². The molecule has 25 heavy (non-hydrogen) atoms. The van der Waals surface area contributed by atoms with Crippen molar-refractivity contribution in [1.82, 2.24) is 0 Å². The Balaban J connectivity index is 1.57. The molecule has 4 heteroatoms. The van der Waals surface area contributed by atoms with Crippen LogP contribution < -0.4 is 4.74 Å². The van der Waals surface area contributed by atoms with E-state index in [2.05, 4.69) is 29.9 Å². The fourth-order valence-corrected chi connectivity index (χ4v) is 4.07. The van der Waals surface area contributed by atoms with Gasteiger partial charge in [-0.25, -0.2) is 0 Å². The van der Waals surface area contributed by atoms with Crippen LogP contribution in [0, 0.1) is 17.8 Å². The van der Waals surface area contributed by atoms with Gasteiger partial charge in [0.2, 0.25) is 0 Å². The molecule has 0 bridgehead atoms. The lowest BCUT2D eigenvalue weighted by atomic mass is 9.73. The van der Waals surface area contributed by atoms with Gasteiger partial charge in [-0.2, -0.15) is 0 Å². The van der Waals surface area contributed by atoms with Crippen LogP contribution in [0.1, 0.15) is 51.0 Å². The average molecular weight is 350 g/mol. The highest BCUT2D eigenvalue weighted by Gasteiger charge is 2.31. The first kappa shape index (κ1) is 18.1. The molecule has 1 unspecified atom stereocenters. The molecule has 2 aliphatic rings. The Labute approximate surface area is 147 Å². The Hall–Kier alpha value is -1.71. The second-order valence-corrected chi connectivity index (χ2v) is 7.18. The van der Waals surface area contributed by atoms with Crippen molar-refractivity contribution < 1.29 is 17.9 Å². The summed E-state index contributed by atoms with van der Waals surface area (Å²) in [4.78, 5) is 0. The first-order valence-electron chi connectivity index (χ1n) is 9.19.